The fraction of sp³-hybridized carbons (Fsp3) is 0.571. The molecule has 0 heterocycles. The first-order valence-electron chi connectivity index (χ1n) is 6.42. The molecule has 17 heavy (non-hydrogen) atoms. The molecule has 94 valence electrons. The van der Waals surface area contributed by atoms with Gasteiger partial charge >= 0.3 is 0 Å². The molecular formula is C14H21BrN2. The number of rotatable bonds is 6. The summed E-state index contributed by atoms with van der Waals surface area (Å²) >= 11 is 3.65. The quantitative estimate of drug-likeness (QED) is 0.874. The molecule has 2 nitrogen and oxygen atoms in total. The molecule has 1 aliphatic rings. The predicted molar refractivity (Wildman–Crippen MR) is 75.7 cm³/mol. The van der Waals surface area contributed by atoms with Gasteiger partial charge in [-0.05, 0) is 42.5 Å². The van der Waals surface area contributed by atoms with Gasteiger partial charge in [-0.2, -0.15) is 0 Å². The van der Waals surface area contributed by atoms with Gasteiger partial charge in [-0.1, -0.05) is 35.0 Å². The van der Waals surface area contributed by atoms with E-state index in [4.69, 9.17) is 5.73 Å². The lowest BCUT2D eigenvalue weighted by molar-refractivity contribution is 0.268. The van der Waals surface area contributed by atoms with Crippen LogP contribution in [0.25, 0.3) is 0 Å². The molecule has 1 aliphatic carbocycles. The van der Waals surface area contributed by atoms with Crippen LogP contribution in [0.5, 0.6) is 0 Å². The molecule has 1 aromatic carbocycles. The van der Waals surface area contributed by atoms with E-state index in [1.807, 2.05) is 0 Å². The monoisotopic (exact) mass is 296 g/mol. The number of hydrogen-bond donors (Lipinski definition) is 1. The second kappa shape index (κ2) is 5.98. The number of nitrogens with two attached hydrogens (primary N) is 1. The molecule has 0 amide bonds. The average Bonchev–Trinajstić information content (AvgIpc) is 3.14. The van der Waals surface area contributed by atoms with Crippen LogP contribution >= 0.6 is 15.9 Å². The minimum Gasteiger partial charge on any atom is -0.326 e. The number of halogens is 1. The van der Waals surface area contributed by atoms with E-state index in [-0.39, 0.29) is 0 Å². The molecule has 0 atom stereocenters. The van der Waals surface area contributed by atoms with E-state index in [9.17, 15) is 0 Å². The van der Waals surface area contributed by atoms with Crippen LogP contribution in [0.1, 0.15) is 30.9 Å². The zero-order chi connectivity index (χ0) is 12.3. The molecule has 0 saturated heterocycles. The lowest BCUT2D eigenvalue weighted by Gasteiger charge is -2.21. The number of benzene rings is 1. The zero-order valence-corrected chi connectivity index (χ0v) is 12.0. The molecule has 0 spiro atoms. The Balaban J connectivity index is 2.00. The molecule has 1 fully saturated rings. The van der Waals surface area contributed by atoms with Crippen LogP contribution in [0.2, 0.25) is 0 Å². The molecule has 2 rings (SSSR count). The third kappa shape index (κ3) is 3.80. The van der Waals surface area contributed by atoms with Crippen molar-refractivity contribution in [3.05, 3.63) is 33.8 Å². The third-order valence-electron chi connectivity index (χ3n) is 3.41. The van der Waals surface area contributed by atoms with Gasteiger partial charge in [0.05, 0.1) is 0 Å². The summed E-state index contributed by atoms with van der Waals surface area (Å²) in [7, 11) is 0. The van der Waals surface area contributed by atoms with Crippen LogP contribution in [0.3, 0.4) is 0 Å². The van der Waals surface area contributed by atoms with Gasteiger partial charge in [0.15, 0.2) is 0 Å². The maximum absolute atomic E-state index is 5.64. The van der Waals surface area contributed by atoms with E-state index in [2.05, 4.69) is 46.0 Å². The third-order valence-corrected chi connectivity index (χ3v) is 4.15. The van der Waals surface area contributed by atoms with E-state index in [0.717, 1.165) is 19.0 Å². The van der Waals surface area contributed by atoms with Crippen molar-refractivity contribution in [2.75, 3.05) is 13.1 Å². The van der Waals surface area contributed by atoms with Gasteiger partial charge in [0, 0.05) is 24.1 Å². The standard InChI is InChI=1S/C14H21BrN2/c1-2-17(9-11-3-4-11)10-13-6-5-12(8-16)7-14(13)15/h5-7,11H,2-4,8-10,16H2,1H3. The molecule has 0 aromatic heterocycles. The second-order valence-corrected chi connectivity index (χ2v) is 5.76. The van der Waals surface area contributed by atoms with Crippen molar-refractivity contribution in [3.63, 3.8) is 0 Å². The molecule has 3 heteroatoms. The summed E-state index contributed by atoms with van der Waals surface area (Å²) in [6, 6.07) is 6.47. The van der Waals surface area contributed by atoms with Gasteiger partial charge in [0.1, 0.15) is 0 Å². The minimum absolute atomic E-state index is 0.610. The van der Waals surface area contributed by atoms with Crippen molar-refractivity contribution < 1.29 is 0 Å². The largest absolute Gasteiger partial charge is 0.326 e. The van der Waals surface area contributed by atoms with Crippen molar-refractivity contribution >= 4 is 15.9 Å². The topological polar surface area (TPSA) is 29.3 Å². The molecular weight excluding hydrogens is 276 g/mol. The highest BCUT2D eigenvalue weighted by Gasteiger charge is 2.23. The van der Waals surface area contributed by atoms with Crippen LogP contribution in [-0.2, 0) is 13.1 Å². The first-order valence-corrected chi connectivity index (χ1v) is 7.22. The first kappa shape index (κ1) is 13.1. The van der Waals surface area contributed by atoms with E-state index in [1.54, 1.807) is 0 Å². The Morgan fingerprint density at radius 2 is 2.18 bits per heavy atom. The summed E-state index contributed by atoms with van der Waals surface area (Å²) in [4.78, 5) is 2.53. The number of hydrogen-bond acceptors (Lipinski definition) is 2. The normalized spacial score (nSPS) is 15.5. The molecule has 0 aliphatic heterocycles. The Morgan fingerprint density at radius 3 is 2.71 bits per heavy atom. The maximum atomic E-state index is 5.64. The van der Waals surface area contributed by atoms with Crippen molar-refractivity contribution in [1.29, 1.82) is 0 Å². The summed E-state index contributed by atoms with van der Waals surface area (Å²) < 4.78 is 1.19. The molecule has 1 saturated carbocycles. The molecule has 0 radical (unpaired) electrons. The van der Waals surface area contributed by atoms with Crippen LogP contribution in [0, 0.1) is 5.92 Å². The zero-order valence-electron chi connectivity index (χ0n) is 10.5. The Kier molecular flexibility index (Phi) is 4.60. The van der Waals surface area contributed by atoms with E-state index >= 15 is 0 Å². The summed E-state index contributed by atoms with van der Waals surface area (Å²) in [5.74, 6) is 0.956. The van der Waals surface area contributed by atoms with Gasteiger partial charge in [-0.25, -0.2) is 0 Å². The van der Waals surface area contributed by atoms with Crippen molar-refractivity contribution in [3.8, 4) is 0 Å². The Bertz CT molecular complexity index is 374. The van der Waals surface area contributed by atoms with Crippen LogP contribution in [-0.4, -0.2) is 18.0 Å². The van der Waals surface area contributed by atoms with Crippen LogP contribution in [0.15, 0.2) is 22.7 Å². The Hall–Kier alpha value is -0.380. The summed E-state index contributed by atoms with van der Waals surface area (Å²) in [6.07, 6.45) is 2.84. The lowest BCUT2D eigenvalue weighted by Crippen LogP contribution is -2.25. The van der Waals surface area contributed by atoms with Crippen LogP contribution in [0.4, 0.5) is 0 Å². The molecule has 0 unspecified atom stereocenters. The van der Waals surface area contributed by atoms with Gasteiger partial charge in [-0.15, -0.1) is 0 Å². The Morgan fingerprint density at radius 1 is 1.41 bits per heavy atom. The highest BCUT2D eigenvalue weighted by Crippen LogP contribution is 2.30. The van der Waals surface area contributed by atoms with Crippen molar-refractivity contribution in [1.82, 2.24) is 4.90 Å². The predicted octanol–water partition coefficient (Wildman–Crippen LogP) is 3.14. The Labute approximate surface area is 112 Å². The minimum atomic E-state index is 0.610. The van der Waals surface area contributed by atoms with Gasteiger partial charge in [0.2, 0.25) is 0 Å². The van der Waals surface area contributed by atoms with Gasteiger partial charge in [0.25, 0.3) is 0 Å². The highest BCUT2D eigenvalue weighted by molar-refractivity contribution is 9.10. The average molecular weight is 297 g/mol. The molecule has 1 aromatic rings. The second-order valence-electron chi connectivity index (χ2n) is 4.90. The van der Waals surface area contributed by atoms with Crippen molar-refractivity contribution in [2.45, 2.75) is 32.9 Å². The fourth-order valence-corrected chi connectivity index (χ4v) is 2.61. The van der Waals surface area contributed by atoms with E-state index < -0.39 is 0 Å². The van der Waals surface area contributed by atoms with E-state index in [0.29, 0.717) is 6.54 Å². The molecule has 0 bridgehead atoms. The van der Waals surface area contributed by atoms with Crippen LogP contribution < -0.4 is 5.73 Å². The summed E-state index contributed by atoms with van der Waals surface area (Å²) in [5, 5.41) is 0. The summed E-state index contributed by atoms with van der Waals surface area (Å²) in [6.45, 7) is 6.27. The number of nitrogens with zero attached hydrogens (tertiary/aromatic N) is 1. The highest BCUT2D eigenvalue weighted by atomic mass is 79.9. The van der Waals surface area contributed by atoms with Gasteiger partial charge < -0.3 is 5.73 Å². The molecule has 2 N–H and O–H groups in total. The van der Waals surface area contributed by atoms with E-state index in [1.165, 1.54) is 35.0 Å². The van der Waals surface area contributed by atoms with Crippen molar-refractivity contribution in [2.24, 2.45) is 11.7 Å². The lowest BCUT2D eigenvalue weighted by atomic mass is 10.1. The fourth-order valence-electron chi connectivity index (χ4n) is 2.06. The summed E-state index contributed by atoms with van der Waals surface area (Å²) in [5.41, 5.74) is 8.19. The SMILES string of the molecule is CCN(Cc1ccc(CN)cc1Br)CC1CC1. The van der Waals surface area contributed by atoms with Gasteiger partial charge in [-0.3, -0.25) is 4.90 Å². The smallest absolute Gasteiger partial charge is 0.0244 e. The first-order chi connectivity index (χ1) is 8.22. The maximum Gasteiger partial charge on any atom is 0.0244 e.